The molecule has 1 aromatic carbocycles. The maximum atomic E-state index is 12.2. The van der Waals surface area contributed by atoms with Crippen LogP contribution in [0.2, 0.25) is 0 Å². The van der Waals surface area contributed by atoms with Crippen LogP contribution in [0, 0.1) is 5.92 Å². The van der Waals surface area contributed by atoms with Crippen LogP contribution in [-0.4, -0.2) is 34.1 Å². The first kappa shape index (κ1) is 15.9. The SMILES string of the molecule is COC[C@H]1CCC[C@H]1NC(=O)c1ccc(S(N)(=O)=O)cc1. The molecule has 0 spiro atoms. The molecule has 1 fully saturated rings. The molecule has 1 saturated carbocycles. The molecule has 0 bridgehead atoms. The Kier molecular flexibility index (Phi) is 4.97. The number of sulfonamides is 1. The number of nitrogens with two attached hydrogens (primary N) is 1. The van der Waals surface area contributed by atoms with Crippen molar-refractivity contribution in [2.45, 2.75) is 30.2 Å². The Hall–Kier alpha value is -1.44. The monoisotopic (exact) mass is 312 g/mol. The molecular weight excluding hydrogens is 292 g/mol. The highest BCUT2D eigenvalue weighted by atomic mass is 32.2. The Labute approximate surface area is 124 Å². The summed E-state index contributed by atoms with van der Waals surface area (Å²) in [7, 11) is -2.08. The highest BCUT2D eigenvalue weighted by Crippen LogP contribution is 2.26. The third-order valence-electron chi connectivity index (χ3n) is 3.80. The molecule has 1 aromatic rings. The van der Waals surface area contributed by atoms with Crippen molar-refractivity contribution in [3.63, 3.8) is 0 Å². The van der Waals surface area contributed by atoms with Gasteiger partial charge in [0.05, 0.1) is 11.5 Å². The first-order chi connectivity index (χ1) is 9.91. The Morgan fingerprint density at radius 1 is 1.33 bits per heavy atom. The number of nitrogens with one attached hydrogen (secondary N) is 1. The summed E-state index contributed by atoms with van der Waals surface area (Å²) < 4.78 is 27.5. The third-order valence-corrected chi connectivity index (χ3v) is 4.73. The molecule has 0 aromatic heterocycles. The molecule has 1 aliphatic rings. The summed E-state index contributed by atoms with van der Waals surface area (Å²) in [5, 5.41) is 8.01. The van der Waals surface area contributed by atoms with Gasteiger partial charge < -0.3 is 10.1 Å². The van der Waals surface area contributed by atoms with Crippen LogP contribution in [0.15, 0.2) is 29.2 Å². The van der Waals surface area contributed by atoms with Gasteiger partial charge >= 0.3 is 0 Å². The van der Waals surface area contributed by atoms with E-state index in [1.54, 1.807) is 7.11 Å². The molecule has 3 N–H and O–H groups in total. The maximum Gasteiger partial charge on any atom is 0.251 e. The van der Waals surface area contributed by atoms with E-state index >= 15 is 0 Å². The number of ether oxygens (including phenoxy) is 1. The third kappa shape index (κ3) is 4.03. The van der Waals surface area contributed by atoms with Gasteiger partial charge in [-0.05, 0) is 37.1 Å². The van der Waals surface area contributed by atoms with Crippen molar-refractivity contribution in [3.05, 3.63) is 29.8 Å². The van der Waals surface area contributed by atoms with E-state index in [0.29, 0.717) is 18.1 Å². The first-order valence-corrected chi connectivity index (χ1v) is 8.39. The quantitative estimate of drug-likeness (QED) is 0.843. The predicted octanol–water partition coefficient (Wildman–Crippen LogP) is 0.879. The van der Waals surface area contributed by atoms with Crippen LogP contribution in [0.1, 0.15) is 29.6 Å². The Bertz CT molecular complexity index is 598. The zero-order chi connectivity index (χ0) is 15.5. The maximum absolute atomic E-state index is 12.2. The number of carbonyl (C=O) groups is 1. The Balaban J connectivity index is 2.03. The topological polar surface area (TPSA) is 98.5 Å². The molecule has 2 atom stereocenters. The van der Waals surface area contributed by atoms with Crippen molar-refractivity contribution < 1.29 is 17.9 Å². The molecule has 0 aliphatic heterocycles. The molecule has 7 heteroatoms. The van der Waals surface area contributed by atoms with Gasteiger partial charge in [-0.2, -0.15) is 0 Å². The van der Waals surface area contributed by atoms with Crippen LogP contribution in [0.4, 0.5) is 0 Å². The summed E-state index contributed by atoms with van der Waals surface area (Å²) in [6, 6.07) is 5.72. The van der Waals surface area contributed by atoms with Gasteiger partial charge in [0.25, 0.3) is 5.91 Å². The van der Waals surface area contributed by atoms with Gasteiger partial charge in [-0.25, -0.2) is 13.6 Å². The summed E-state index contributed by atoms with van der Waals surface area (Å²) in [6.45, 7) is 0.634. The Morgan fingerprint density at radius 2 is 2.00 bits per heavy atom. The number of amides is 1. The molecule has 2 rings (SSSR count). The normalized spacial score (nSPS) is 22.2. The fraction of sp³-hybridized carbons (Fsp3) is 0.500. The lowest BCUT2D eigenvalue weighted by atomic mass is 10.0. The molecule has 0 heterocycles. The standard InChI is InChI=1S/C14H20N2O4S/c1-20-9-11-3-2-4-13(11)16-14(17)10-5-7-12(8-6-10)21(15,18)19/h5-8,11,13H,2-4,9H2,1H3,(H,16,17)(H2,15,18,19)/t11-,13-/m1/s1. The van der Waals surface area contributed by atoms with E-state index in [4.69, 9.17) is 9.88 Å². The van der Waals surface area contributed by atoms with Crippen molar-refractivity contribution in [1.82, 2.24) is 5.32 Å². The van der Waals surface area contributed by atoms with Gasteiger partial charge in [0.1, 0.15) is 0 Å². The average Bonchev–Trinajstić information content (AvgIpc) is 2.86. The molecule has 0 radical (unpaired) electrons. The number of rotatable bonds is 5. The summed E-state index contributed by atoms with van der Waals surface area (Å²) in [6.07, 6.45) is 3.06. The molecule has 1 aliphatic carbocycles. The van der Waals surface area contributed by atoms with Crippen LogP contribution in [0.5, 0.6) is 0 Å². The first-order valence-electron chi connectivity index (χ1n) is 6.84. The second kappa shape index (κ2) is 6.55. The second-order valence-electron chi connectivity index (χ2n) is 5.30. The smallest absolute Gasteiger partial charge is 0.251 e. The van der Waals surface area contributed by atoms with Crippen molar-refractivity contribution in [2.24, 2.45) is 11.1 Å². The molecule has 0 unspecified atom stereocenters. The number of hydrogen-bond acceptors (Lipinski definition) is 4. The summed E-state index contributed by atoms with van der Waals surface area (Å²) in [5.74, 6) is 0.131. The lowest BCUT2D eigenvalue weighted by Crippen LogP contribution is -2.38. The lowest BCUT2D eigenvalue weighted by molar-refractivity contribution is 0.0898. The van der Waals surface area contributed by atoms with E-state index in [2.05, 4.69) is 5.32 Å². The summed E-state index contributed by atoms with van der Waals surface area (Å²) >= 11 is 0. The van der Waals surface area contributed by atoms with Crippen molar-refractivity contribution >= 4 is 15.9 Å². The van der Waals surface area contributed by atoms with E-state index in [-0.39, 0.29) is 16.8 Å². The zero-order valence-electron chi connectivity index (χ0n) is 11.9. The van der Waals surface area contributed by atoms with Gasteiger partial charge in [0.2, 0.25) is 10.0 Å². The van der Waals surface area contributed by atoms with Gasteiger partial charge in [-0.1, -0.05) is 6.42 Å². The van der Waals surface area contributed by atoms with Crippen LogP contribution in [0.25, 0.3) is 0 Å². The van der Waals surface area contributed by atoms with E-state index in [0.717, 1.165) is 19.3 Å². The number of carbonyl (C=O) groups excluding carboxylic acids is 1. The lowest BCUT2D eigenvalue weighted by Gasteiger charge is -2.20. The van der Waals surface area contributed by atoms with Crippen LogP contribution < -0.4 is 10.5 Å². The van der Waals surface area contributed by atoms with E-state index < -0.39 is 10.0 Å². The van der Waals surface area contributed by atoms with Crippen LogP contribution in [-0.2, 0) is 14.8 Å². The summed E-state index contributed by atoms with van der Waals surface area (Å²) in [4.78, 5) is 12.2. The van der Waals surface area contributed by atoms with Crippen molar-refractivity contribution in [2.75, 3.05) is 13.7 Å². The number of methoxy groups -OCH3 is 1. The van der Waals surface area contributed by atoms with E-state index in [9.17, 15) is 13.2 Å². The largest absolute Gasteiger partial charge is 0.384 e. The van der Waals surface area contributed by atoms with Crippen LogP contribution in [0.3, 0.4) is 0 Å². The van der Waals surface area contributed by atoms with Crippen molar-refractivity contribution in [1.29, 1.82) is 0 Å². The second-order valence-corrected chi connectivity index (χ2v) is 6.86. The van der Waals surface area contributed by atoms with E-state index in [1.165, 1.54) is 24.3 Å². The van der Waals surface area contributed by atoms with E-state index in [1.807, 2.05) is 0 Å². The van der Waals surface area contributed by atoms with Gasteiger partial charge in [-0.15, -0.1) is 0 Å². The molecule has 6 nitrogen and oxygen atoms in total. The minimum Gasteiger partial charge on any atom is -0.384 e. The fourth-order valence-electron chi connectivity index (χ4n) is 2.69. The van der Waals surface area contributed by atoms with Gasteiger partial charge in [-0.3, -0.25) is 4.79 Å². The number of hydrogen-bond donors (Lipinski definition) is 2. The predicted molar refractivity (Wildman–Crippen MR) is 78.3 cm³/mol. The molecule has 21 heavy (non-hydrogen) atoms. The number of primary sulfonamides is 1. The Morgan fingerprint density at radius 3 is 2.57 bits per heavy atom. The highest BCUT2D eigenvalue weighted by Gasteiger charge is 2.28. The molecule has 0 saturated heterocycles. The fourth-order valence-corrected chi connectivity index (χ4v) is 3.20. The molecule has 1 amide bonds. The zero-order valence-corrected chi connectivity index (χ0v) is 12.7. The minimum absolute atomic E-state index is 0.00261. The molecule has 116 valence electrons. The number of benzene rings is 1. The van der Waals surface area contributed by atoms with Crippen molar-refractivity contribution in [3.8, 4) is 0 Å². The average molecular weight is 312 g/mol. The molecular formula is C14H20N2O4S. The minimum atomic E-state index is -3.73. The highest BCUT2D eigenvalue weighted by molar-refractivity contribution is 7.89. The van der Waals surface area contributed by atoms with Gasteiger partial charge in [0.15, 0.2) is 0 Å². The van der Waals surface area contributed by atoms with Crippen LogP contribution >= 0.6 is 0 Å². The van der Waals surface area contributed by atoms with Gasteiger partial charge in [0, 0.05) is 24.6 Å². The summed E-state index contributed by atoms with van der Waals surface area (Å²) in [5.41, 5.74) is 0.422.